The van der Waals surface area contributed by atoms with E-state index in [-0.39, 0.29) is 5.03 Å². The molecule has 1 rings (SSSR count). The Balaban J connectivity index is 3.07. The number of aromatic nitrogens is 2. The maximum Gasteiger partial charge on any atom is 0.200 e. The van der Waals surface area contributed by atoms with Crippen molar-refractivity contribution in [3.8, 4) is 0 Å². The molecule has 0 fully saturated rings. The van der Waals surface area contributed by atoms with Crippen LogP contribution in [0.25, 0.3) is 0 Å². The Bertz CT molecular complexity index is 285. The highest BCUT2D eigenvalue weighted by Crippen LogP contribution is 2.05. The van der Waals surface area contributed by atoms with E-state index in [1.54, 1.807) is 6.92 Å². The molecule has 0 radical (unpaired) electrons. The molecule has 4 nitrogen and oxygen atoms in total. The van der Waals surface area contributed by atoms with Crippen LogP contribution in [0.2, 0.25) is 0 Å². The van der Waals surface area contributed by atoms with Crippen LogP contribution in [-0.4, -0.2) is 14.0 Å². The van der Waals surface area contributed by atoms with E-state index in [0.717, 1.165) is 0 Å². The van der Waals surface area contributed by atoms with Gasteiger partial charge >= 0.3 is 0 Å². The summed E-state index contributed by atoms with van der Waals surface area (Å²) in [5.74, 6) is -0.618. The van der Waals surface area contributed by atoms with Gasteiger partial charge in [0, 0.05) is 6.54 Å². The summed E-state index contributed by atoms with van der Waals surface area (Å²) in [7, 11) is -1.83. The van der Waals surface area contributed by atoms with Crippen LogP contribution < -0.4 is 5.14 Å². The largest absolute Gasteiger partial charge is 0.269 e. The molecule has 0 bridgehead atoms. The van der Waals surface area contributed by atoms with Crippen molar-refractivity contribution < 1.29 is 8.60 Å². The quantitative estimate of drug-likeness (QED) is 0.692. The van der Waals surface area contributed by atoms with Crippen LogP contribution in [0, 0.1) is 5.82 Å². The zero-order valence-corrected chi connectivity index (χ0v) is 6.77. The first-order valence-electron chi connectivity index (χ1n) is 3.04. The Morgan fingerprint density at radius 2 is 2.55 bits per heavy atom. The Kier molecular flexibility index (Phi) is 2.35. The second kappa shape index (κ2) is 3.10. The lowest BCUT2D eigenvalue weighted by Crippen LogP contribution is -2.06. The van der Waals surface area contributed by atoms with Crippen LogP contribution in [0.15, 0.2) is 11.2 Å². The highest BCUT2D eigenvalue weighted by molar-refractivity contribution is 7.82. The molecule has 6 heteroatoms. The Morgan fingerprint density at radius 3 is 2.82 bits per heavy atom. The number of hydrogen-bond donors (Lipinski definition) is 1. The maximum absolute atomic E-state index is 12.7. The zero-order chi connectivity index (χ0) is 8.43. The van der Waals surface area contributed by atoms with Gasteiger partial charge in [-0.05, 0) is 6.92 Å². The maximum atomic E-state index is 12.7. The Hall–Kier alpha value is -0.750. The molecule has 1 unspecified atom stereocenters. The van der Waals surface area contributed by atoms with Gasteiger partial charge in [0.25, 0.3) is 0 Å². The summed E-state index contributed by atoms with van der Waals surface area (Å²) in [4.78, 5) is 0. The van der Waals surface area contributed by atoms with E-state index in [4.69, 9.17) is 5.14 Å². The van der Waals surface area contributed by atoms with Crippen LogP contribution in [-0.2, 0) is 17.5 Å². The van der Waals surface area contributed by atoms with Crippen molar-refractivity contribution in [2.45, 2.75) is 18.5 Å². The van der Waals surface area contributed by atoms with E-state index in [9.17, 15) is 8.60 Å². The lowest BCUT2D eigenvalue weighted by molar-refractivity contribution is 0.593. The summed E-state index contributed by atoms with van der Waals surface area (Å²) in [5.41, 5.74) is 0. The van der Waals surface area contributed by atoms with Crippen molar-refractivity contribution in [2.24, 2.45) is 5.14 Å². The molecule has 0 aromatic carbocycles. The van der Waals surface area contributed by atoms with Gasteiger partial charge in [0.2, 0.25) is 0 Å². The van der Waals surface area contributed by atoms with Gasteiger partial charge in [-0.25, -0.2) is 13.7 Å². The Morgan fingerprint density at radius 1 is 1.91 bits per heavy atom. The topological polar surface area (TPSA) is 60.9 Å². The molecule has 2 N–H and O–H groups in total. The van der Waals surface area contributed by atoms with E-state index >= 15 is 0 Å². The smallest absolute Gasteiger partial charge is 0.200 e. The summed E-state index contributed by atoms with van der Waals surface area (Å²) >= 11 is 0. The standard InChI is InChI=1S/C5H8FN3OS/c1-2-9-3-4(6)5(8-9)11(7)10/h3H,2,7H2,1H3. The summed E-state index contributed by atoms with van der Waals surface area (Å²) in [5, 5.41) is 8.40. The molecule has 0 saturated heterocycles. The van der Waals surface area contributed by atoms with Crippen molar-refractivity contribution in [3.05, 3.63) is 12.0 Å². The first kappa shape index (κ1) is 8.35. The second-order valence-electron chi connectivity index (χ2n) is 1.94. The zero-order valence-electron chi connectivity index (χ0n) is 5.95. The van der Waals surface area contributed by atoms with Crippen LogP contribution in [0.5, 0.6) is 0 Å². The number of aryl methyl sites for hydroxylation is 1. The molecule has 11 heavy (non-hydrogen) atoms. The summed E-state index contributed by atoms with van der Waals surface area (Å²) in [6, 6.07) is 0. The van der Waals surface area contributed by atoms with Crippen LogP contribution >= 0.6 is 0 Å². The monoisotopic (exact) mass is 177 g/mol. The number of rotatable bonds is 2. The molecule has 0 aliphatic carbocycles. The summed E-state index contributed by atoms with van der Waals surface area (Å²) in [6.07, 6.45) is 1.17. The van der Waals surface area contributed by atoms with Gasteiger partial charge in [-0.3, -0.25) is 4.68 Å². The highest BCUT2D eigenvalue weighted by Gasteiger charge is 2.11. The number of nitrogens with zero attached hydrogens (tertiary/aromatic N) is 2. The number of nitrogens with two attached hydrogens (primary N) is 1. The molecule has 0 spiro atoms. The fourth-order valence-corrected chi connectivity index (χ4v) is 1.11. The summed E-state index contributed by atoms with van der Waals surface area (Å²) in [6.45, 7) is 2.34. The normalized spacial score (nSPS) is 13.4. The Labute approximate surface area is 65.8 Å². The predicted octanol–water partition coefficient (Wildman–Crippen LogP) is 0.0234. The second-order valence-corrected chi connectivity index (χ2v) is 2.92. The van der Waals surface area contributed by atoms with Gasteiger partial charge in [-0.1, -0.05) is 0 Å². The molecular weight excluding hydrogens is 169 g/mol. The molecule has 0 saturated carbocycles. The minimum Gasteiger partial charge on any atom is -0.269 e. The third-order valence-corrected chi connectivity index (χ3v) is 1.86. The van der Waals surface area contributed by atoms with Crippen molar-refractivity contribution in [1.82, 2.24) is 9.78 Å². The number of halogens is 1. The van der Waals surface area contributed by atoms with E-state index in [1.165, 1.54) is 10.9 Å². The van der Waals surface area contributed by atoms with Crippen molar-refractivity contribution in [3.63, 3.8) is 0 Å². The average Bonchev–Trinajstić information content (AvgIpc) is 2.30. The molecule has 62 valence electrons. The van der Waals surface area contributed by atoms with E-state index in [1.807, 2.05) is 0 Å². The molecule has 0 aliphatic rings. The van der Waals surface area contributed by atoms with Gasteiger partial charge in [-0.2, -0.15) is 5.10 Å². The fraction of sp³-hybridized carbons (Fsp3) is 0.400. The van der Waals surface area contributed by atoms with Crippen molar-refractivity contribution in [2.75, 3.05) is 0 Å². The predicted molar refractivity (Wildman–Crippen MR) is 38.5 cm³/mol. The molecular formula is C5H8FN3OS. The van der Waals surface area contributed by atoms with Gasteiger partial charge < -0.3 is 0 Å². The minimum absolute atomic E-state index is 0.188. The van der Waals surface area contributed by atoms with E-state index in [2.05, 4.69) is 5.10 Å². The SMILES string of the molecule is CCn1cc(F)c(S(N)=O)n1. The average molecular weight is 177 g/mol. The lowest BCUT2D eigenvalue weighted by atomic mass is 10.7. The van der Waals surface area contributed by atoms with Crippen molar-refractivity contribution in [1.29, 1.82) is 0 Å². The molecule has 1 heterocycles. The van der Waals surface area contributed by atoms with Gasteiger partial charge in [0.05, 0.1) is 6.20 Å². The molecule has 1 aromatic heterocycles. The minimum atomic E-state index is -1.83. The summed E-state index contributed by atoms with van der Waals surface area (Å²) < 4.78 is 24.6. The van der Waals surface area contributed by atoms with Crippen molar-refractivity contribution >= 4 is 11.0 Å². The van der Waals surface area contributed by atoms with Gasteiger partial charge in [0.15, 0.2) is 10.8 Å². The highest BCUT2D eigenvalue weighted by atomic mass is 32.2. The number of hydrogen-bond acceptors (Lipinski definition) is 2. The first-order valence-corrected chi connectivity index (χ1v) is 4.25. The fourth-order valence-electron chi connectivity index (χ4n) is 0.678. The molecule has 0 aliphatic heterocycles. The third-order valence-electron chi connectivity index (χ3n) is 1.20. The van der Waals surface area contributed by atoms with Crippen LogP contribution in [0.3, 0.4) is 0 Å². The van der Waals surface area contributed by atoms with Crippen LogP contribution in [0.1, 0.15) is 6.92 Å². The third kappa shape index (κ3) is 1.63. The van der Waals surface area contributed by atoms with Gasteiger partial charge in [0.1, 0.15) is 11.0 Å². The lowest BCUT2D eigenvalue weighted by Gasteiger charge is -1.89. The molecule has 0 amide bonds. The van der Waals surface area contributed by atoms with E-state index in [0.29, 0.717) is 6.54 Å². The molecule has 1 aromatic rings. The van der Waals surface area contributed by atoms with Crippen LogP contribution in [0.4, 0.5) is 4.39 Å². The van der Waals surface area contributed by atoms with E-state index < -0.39 is 16.8 Å². The van der Waals surface area contributed by atoms with Gasteiger partial charge in [-0.15, -0.1) is 0 Å². The first-order chi connectivity index (χ1) is 5.15. The molecule has 1 atom stereocenters.